The number of unbranched alkanes of at least 4 members (excludes halogenated alkanes) is 16. The van der Waals surface area contributed by atoms with Crippen LogP contribution in [0.25, 0.3) is 0 Å². The summed E-state index contributed by atoms with van der Waals surface area (Å²) in [5.41, 5.74) is 3.19. The van der Waals surface area contributed by atoms with E-state index in [1.807, 2.05) is 22.7 Å². The van der Waals surface area contributed by atoms with Gasteiger partial charge in [0.05, 0.1) is 0 Å². The van der Waals surface area contributed by atoms with Crippen LogP contribution in [0.15, 0.2) is 12.1 Å². The van der Waals surface area contributed by atoms with E-state index in [1.165, 1.54) is 148 Å². The number of thiophene rings is 2. The molecular weight excluding hydrogens is 473 g/mol. The molecule has 0 aromatic carbocycles. The van der Waals surface area contributed by atoms with E-state index >= 15 is 0 Å². The van der Waals surface area contributed by atoms with Gasteiger partial charge < -0.3 is 0 Å². The monoisotopic (exact) mass is 532 g/mol. The molecule has 36 heavy (non-hydrogen) atoms. The predicted octanol–water partition coefficient (Wildman–Crippen LogP) is 12.9. The Morgan fingerprint density at radius 2 is 0.694 bits per heavy atom. The summed E-state index contributed by atoms with van der Waals surface area (Å²) in [6, 6.07) is 4.76. The first-order chi connectivity index (χ1) is 17.5. The van der Waals surface area contributed by atoms with E-state index in [0.717, 1.165) is 0 Å². The molecular formula is C34H60S2. The van der Waals surface area contributed by atoms with Crippen LogP contribution in [-0.2, 0) is 12.8 Å². The maximum absolute atomic E-state index is 2.38. The molecule has 0 saturated carbocycles. The number of hydrogen-bond donors (Lipinski definition) is 0. The summed E-state index contributed by atoms with van der Waals surface area (Å²) in [4.78, 5) is 6.01. The van der Waals surface area contributed by atoms with E-state index in [1.54, 1.807) is 11.1 Å². The van der Waals surface area contributed by atoms with Gasteiger partial charge in [0.25, 0.3) is 0 Å². The first-order valence-corrected chi connectivity index (χ1v) is 17.2. The van der Waals surface area contributed by atoms with Gasteiger partial charge in [-0.1, -0.05) is 117 Å². The third-order valence-corrected chi connectivity index (χ3v) is 9.40. The van der Waals surface area contributed by atoms with Crippen molar-refractivity contribution in [2.75, 3.05) is 0 Å². The topological polar surface area (TPSA) is 0 Å². The van der Waals surface area contributed by atoms with E-state index in [0.29, 0.717) is 0 Å². The quantitative estimate of drug-likeness (QED) is 0.149. The number of rotatable bonds is 20. The molecule has 0 unspecified atom stereocenters. The van der Waals surface area contributed by atoms with Crippen molar-refractivity contribution in [3.05, 3.63) is 42.8 Å². The van der Waals surface area contributed by atoms with Crippen LogP contribution in [0.2, 0.25) is 0 Å². The molecule has 0 bridgehead atoms. The third-order valence-electron chi connectivity index (χ3n) is 7.39. The summed E-state index contributed by atoms with van der Waals surface area (Å²) in [5.74, 6) is 0. The van der Waals surface area contributed by atoms with E-state index in [2.05, 4.69) is 53.7 Å². The fourth-order valence-electron chi connectivity index (χ4n) is 5.12. The molecule has 0 spiro atoms. The molecule has 2 heterocycles. The Labute approximate surface area is 234 Å². The van der Waals surface area contributed by atoms with Crippen molar-refractivity contribution in [1.82, 2.24) is 0 Å². The Morgan fingerprint density at radius 1 is 0.417 bits per heavy atom. The van der Waals surface area contributed by atoms with Gasteiger partial charge in [-0.3, -0.25) is 0 Å². The Kier molecular flexibility index (Phi) is 20.8. The highest BCUT2D eigenvalue weighted by Gasteiger charge is 2.03. The van der Waals surface area contributed by atoms with Crippen molar-refractivity contribution in [2.24, 2.45) is 0 Å². The van der Waals surface area contributed by atoms with Crippen LogP contribution >= 0.6 is 22.7 Å². The largest absolute Gasteiger partial charge is 0.146 e. The van der Waals surface area contributed by atoms with Crippen LogP contribution in [0, 0.1) is 27.7 Å². The Balaban J connectivity index is 0.000000362. The smallest absolute Gasteiger partial charge is 0.00490 e. The van der Waals surface area contributed by atoms with E-state index in [-0.39, 0.29) is 0 Å². The maximum Gasteiger partial charge on any atom is 0.00490 e. The second-order valence-corrected chi connectivity index (χ2v) is 14.0. The van der Waals surface area contributed by atoms with Crippen LogP contribution < -0.4 is 0 Å². The van der Waals surface area contributed by atoms with Gasteiger partial charge in [-0.2, -0.15) is 0 Å². The molecule has 0 saturated heterocycles. The summed E-state index contributed by atoms with van der Waals surface area (Å²) in [6.07, 6.45) is 28.3. The zero-order chi connectivity index (χ0) is 26.4. The third kappa shape index (κ3) is 17.0. The lowest BCUT2D eigenvalue weighted by molar-refractivity contribution is 0.556. The van der Waals surface area contributed by atoms with Crippen molar-refractivity contribution in [2.45, 2.75) is 170 Å². The maximum atomic E-state index is 2.38. The van der Waals surface area contributed by atoms with Crippen LogP contribution in [0.5, 0.6) is 0 Å². The summed E-state index contributed by atoms with van der Waals surface area (Å²) in [5, 5.41) is 0. The van der Waals surface area contributed by atoms with Gasteiger partial charge in [0.1, 0.15) is 0 Å². The van der Waals surface area contributed by atoms with E-state index in [9.17, 15) is 0 Å². The van der Waals surface area contributed by atoms with Crippen molar-refractivity contribution in [3.63, 3.8) is 0 Å². The van der Waals surface area contributed by atoms with Crippen LogP contribution in [0.1, 0.15) is 160 Å². The van der Waals surface area contributed by atoms with E-state index in [4.69, 9.17) is 0 Å². The molecule has 0 fully saturated rings. The van der Waals surface area contributed by atoms with Gasteiger partial charge in [-0.25, -0.2) is 0 Å². The van der Waals surface area contributed by atoms with Gasteiger partial charge in [-0.05, 0) is 76.6 Å². The normalized spacial score (nSPS) is 11.1. The minimum atomic E-state index is 1.30. The van der Waals surface area contributed by atoms with Gasteiger partial charge in [0, 0.05) is 19.5 Å². The second kappa shape index (κ2) is 22.4. The highest BCUT2D eigenvalue weighted by molar-refractivity contribution is 7.12. The molecule has 208 valence electrons. The average Bonchev–Trinajstić information content (AvgIpc) is 3.35. The Bertz CT molecular complexity index is 751. The molecule has 0 atom stereocenters. The molecule has 2 aromatic rings. The number of aryl methyl sites for hydroxylation is 6. The van der Waals surface area contributed by atoms with Gasteiger partial charge >= 0.3 is 0 Å². The molecule has 0 radical (unpaired) electrons. The highest BCUT2D eigenvalue weighted by atomic mass is 32.1. The molecule has 0 aliphatic carbocycles. The number of hydrogen-bond acceptors (Lipinski definition) is 2. The Hall–Kier alpha value is -0.600. The lowest BCUT2D eigenvalue weighted by Crippen LogP contribution is -1.86. The molecule has 2 aromatic heterocycles. The minimum absolute atomic E-state index is 1.30. The first kappa shape index (κ1) is 33.4. The van der Waals surface area contributed by atoms with Gasteiger partial charge in [-0.15, -0.1) is 22.7 Å². The zero-order valence-electron chi connectivity index (χ0n) is 25.1. The highest BCUT2D eigenvalue weighted by Crippen LogP contribution is 2.23. The Morgan fingerprint density at radius 3 is 0.944 bits per heavy atom. The fourth-order valence-corrected chi connectivity index (χ4v) is 7.07. The lowest BCUT2D eigenvalue weighted by atomic mass is 10.0. The minimum Gasteiger partial charge on any atom is -0.146 e. The second-order valence-electron chi connectivity index (χ2n) is 11.0. The van der Waals surface area contributed by atoms with Gasteiger partial charge in [0.2, 0.25) is 0 Å². The summed E-state index contributed by atoms with van der Waals surface area (Å²) in [6.45, 7) is 13.5. The van der Waals surface area contributed by atoms with Crippen LogP contribution in [0.3, 0.4) is 0 Å². The molecule has 0 amide bonds. The molecule has 0 N–H and O–H groups in total. The molecule has 0 aliphatic rings. The molecule has 0 aliphatic heterocycles. The standard InChI is InChI=1S/C18H32S.C16H28S/c1-4-5-6-7-8-9-10-11-12-13-14-18-15-16(2)19-17(18)3;1-4-5-6-7-8-9-10-11-12-16-13-14(2)17-15(16)3/h15H,4-14H2,1-3H3;13H,4-12H2,1-3H3. The summed E-state index contributed by atoms with van der Waals surface area (Å²) < 4.78 is 0. The van der Waals surface area contributed by atoms with Crippen molar-refractivity contribution < 1.29 is 0 Å². The van der Waals surface area contributed by atoms with Crippen molar-refractivity contribution in [3.8, 4) is 0 Å². The summed E-state index contributed by atoms with van der Waals surface area (Å²) >= 11 is 3.90. The molecule has 2 rings (SSSR count). The first-order valence-electron chi connectivity index (χ1n) is 15.6. The summed E-state index contributed by atoms with van der Waals surface area (Å²) in [7, 11) is 0. The van der Waals surface area contributed by atoms with Crippen molar-refractivity contribution in [1.29, 1.82) is 0 Å². The molecule has 2 heteroatoms. The van der Waals surface area contributed by atoms with Crippen molar-refractivity contribution >= 4 is 22.7 Å². The predicted molar refractivity (Wildman–Crippen MR) is 169 cm³/mol. The fraction of sp³-hybridized carbons (Fsp3) is 0.765. The van der Waals surface area contributed by atoms with Gasteiger partial charge in [0.15, 0.2) is 0 Å². The van der Waals surface area contributed by atoms with E-state index < -0.39 is 0 Å². The zero-order valence-corrected chi connectivity index (χ0v) is 26.7. The van der Waals surface area contributed by atoms with Crippen LogP contribution in [0.4, 0.5) is 0 Å². The molecule has 0 nitrogen and oxygen atoms in total. The van der Waals surface area contributed by atoms with Crippen LogP contribution in [-0.4, -0.2) is 0 Å². The average molecular weight is 533 g/mol. The SMILES string of the molecule is CCCCCCCCCCCCc1cc(C)sc1C.CCCCCCCCCCc1cc(C)sc1C. The lowest BCUT2D eigenvalue weighted by Gasteiger charge is -2.02.